The lowest BCUT2D eigenvalue weighted by Gasteiger charge is -2.17. The molecule has 7 heteroatoms. The van der Waals surface area contributed by atoms with E-state index < -0.39 is 6.10 Å². The van der Waals surface area contributed by atoms with Gasteiger partial charge in [-0.25, -0.2) is 0 Å². The number of fused-ring (bicyclic) bond motifs is 1. The summed E-state index contributed by atoms with van der Waals surface area (Å²) in [7, 11) is 1.86. The Labute approximate surface area is 116 Å². The quantitative estimate of drug-likeness (QED) is 0.739. The predicted octanol–water partition coefficient (Wildman–Crippen LogP) is -1.00. The van der Waals surface area contributed by atoms with E-state index >= 15 is 0 Å². The summed E-state index contributed by atoms with van der Waals surface area (Å²) in [5, 5.41) is 16.6. The van der Waals surface area contributed by atoms with Crippen molar-refractivity contribution in [3.8, 4) is 0 Å². The van der Waals surface area contributed by atoms with Crippen molar-refractivity contribution in [3.63, 3.8) is 0 Å². The van der Waals surface area contributed by atoms with E-state index in [1.807, 2.05) is 13.1 Å². The number of ether oxygens (including phenoxy) is 2. The minimum absolute atomic E-state index is 0.0366. The summed E-state index contributed by atoms with van der Waals surface area (Å²) >= 11 is 0. The van der Waals surface area contributed by atoms with E-state index in [1.165, 1.54) is 0 Å². The zero-order valence-electron chi connectivity index (χ0n) is 11.4. The van der Waals surface area contributed by atoms with Crippen molar-refractivity contribution in [1.29, 1.82) is 0 Å². The number of hydrogen-bond acceptors (Lipinski definition) is 5. The first-order chi connectivity index (χ1) is 9.65. The van der Waals surface area contributed by atoms with Gasteiger partial charge in [-0.05, 0) is 12.5 Å². The molecule has 0 aliphatic carbocycles. The molecule has 3 heterocycles. The third-order valence-corrected chi connectivity index (χ3v) is 3.90. The Morgan fingerprint density at radius 3 is 3.05 bits per heavy atom. The van der Waals surface area contributed by atoms with E-state index in [9.17, 15) is 9.90 Å². The number of aliphatic hydroxyl groups excluding tert-OH is 1. The van der Waals surface area contributed by atoms with Crippen molar-refractivity contribution < 1.29 is 19.4 Å². The molecule has 0 bridgehead atoms. The number of aliphatic hydroxyl groups is 1. The molecule has 3 rings (SSSR count). The number of carbonyl (C=O) groups excluding carboxylic acids is 1. The molecule has 0 unspecified atom stereocenters. The molecule has 2 fully saturated rings. The van der Waals surface area contributed by atoms with Gasteiger partial charge < -0.3 is 19.9 Å². The molecule has 0 radical (unpaired) electrons. The number of aryl methyl sites for hydroxylation is 2. The van der Waals surface area contributed by atoms with E-state index in [0.717, 1.165) is 5.69 Å². The standard InChI is InChI=1S/C13H19N3O4/c1-16-8(4-5-14-16)2-3-11(18)15-9-6-19-13-10(17)7-20-12(9)13/h4-5,9-10,12-13,17H,2-3,6-7H2,1H3,(H,15,18)/t9-,10+,12+,13+/m0/s1. The third-order valence-electron chi connectivity index (χ3n) is 3.90. The minimum atomic E-state index is -0.587. The topological polar surface area (TPSA) is 85.6 Å². The molecule has 0 spiro atoms. The van der Waals surface area contributed by atoms with Crippen molar-refractivity contribution in [2.45, 2.75) is 37.2 Å². The maximum Gasteiger partial charge on any atom is 0.220 e. The smallest absolute Gasteiger partial charge is 0.220 e. The average molecular weight is 281 g/mol. The SMILES string of the molecule is Cn1nccc1CCC(=O)N[C@H]1CO[C@H]2[C@@H]1OC[C@H]2O. The van der Waals surface area contributed by atoms with E-state index in [2.05, 4.69) is 10.4 Å². The van der Waals surface area contributed by atoms with Crippen LogP contribution in [-0.2, 0) is 27.7 Å². The Bertz CT molecular complexity index is 490. The van der Waals surface area contributed by atoms with Crippen molar-refractivity contribution in [3.05, 3.63) is 18.0 Å². The first-order valence-corrected chi connectivity index (χ1v) is 6.82. The highest BCUT2D eigenvalue weighted by molar-refractivity contribution is 5.76. The molecule has 7 nitrogen and oxygen atoms in total. The first-order valence-electron chi connectivity index (χ1n) is 6.82. The van der Waals surface area contributed by atoms with E-state index in [1.54, 1.807) is 10.9 Å². The Hall–Kier alpha value is -1.44. The molecule has 1 aromatic heterocycles. The minimum Gasteiger partial charge on any atom is -0.388 e. The van der Waals surface area contributed by atoms with E-state index in [0.29, 0.717) is 19.4 Å². The van der Waals surface area contributed by atoms with Gasteiger partial charge in [0.05, 0.1) is 19.3 Å². The molecule has 4 atom stereocenters. The lowest BCUT2D eigenvalue weighted by atomic mass is 10.1. The van der Waals surface area contributed by atoms with Crippen molar-refractivity contribution in [2.75, 3.05) is 13.2 Å². The second-order valence-corrected chi connectivity index (χ2v) is 5.28. The molecule has 1 amide bonds. The maximum atomic E-state index is 12.0. The van der Waals surface area contributed by atoms with E-state index in [4.69, 9.17) is 9.47 Å². The molecular weight excluding hydrogens is 262 g/mol. The summed E-state index contributed by atoms with van der Waals surface area (Å²) in [5.41, 5.74) is 1.02. The van der Waals surface area contributed by atoms with Crippen LogP contribution in [-0.4, -0.2) is 58.4 Å². The van der Waals surface area contributed by atoms with Gasteiger partial charge >= 0.3 is 0 Å². The number of carbonyl (C=O) groups is 1. The Morgan fingerprint density at radius 1 is 1.50 bits per heavy atom. The molecule has 0 aromatic carbocycles. The van der Waals surface area contributed by atoms with Crippen molar-refractivity contribution in [2.24, 2.45) is 7.05 Å². The number of rotatable bonds is 4. The molecule has 1 aromatic rings. The zero-order valence-corrected chi connectivity index (χ0v) is 11.4. The number of hydrogen-bond donors (Lipinski definition) is 2. The van der Waals surface area contributed by atoms with Crippen LogP contribution in [0.15, 0.2) is 12.3 Å². The number of amides is 1. The molecule has 0 saturated carbocycles. The van der Waals surface area contributed by atoms with Crippen LogP contribution in [0.4, 0.5) is 0 Å². The normalized spacial score (nSPS) is 32.3. The van der Waals surface area contributed by atoms with Crippen LogP contribution in [0, 0.1) is 0 Å². The number of nitrogens with one attached hydrogen (secondary N) is 1. The van der Waals surface area contributed by atoms with Gasteiger partial charge in [0, 0.05) is 25.4 Å². The van der Waals surface area contributed by atoms with Gasteiger partial charge in [-0.3, -0.25) is 9.48 Å². The highest BCUT2D eigenvalue weighted by atomic mass is 16.6. The summed E-state index contributed by atoms with van der Waals surface area (Å²) in [6.45, 7) is 0.667. The summed E-state index contributed by atoms with van der Waals surface area (Å²) in [5.74, 6) is -0.0366. The van der Waals surface area contributed by atoms with Crippen molar-refractivity contribution in [1.82, 2.24) is 15.1 Å². The molecule has 2 saturated heterocycles. The number of nitrogens with zero attached hydrogens (tertiary/aromatic N) is 2. The fourth-order valence-electron chi connectivity index (χ4n) is 2.77. The van der Waals surface area contributed by atoms with Gasteiger partial charge in [0.15, 0.2) is 0 Å². The van der Waals surface area contributed by atoms with Crippen LogP contribution in [0.2, 0.25) is 0 Å². The summed E-state index contributed by atoms with van der Waals surface area (Å²) < 4.78 is 12.7. The van der Waals surface area contributed by atoms with Crippen LogP contribution >= 0.6 is 0 Å². The molecule has 110 valence electrons. The average Bonchev–Trinajstić information content (AvgIpc) is 3.09. The molecule has 2 aliphatic rings. The van der Waals surface area contributed by atoms with Gasteiger partial charge in [-0.2, -0.15) is 5.10 Å². The Kier molecular flexibility index (Phi) is 3.73. The van der Waals surface area contributed by atoms with Gasteiger partial charge in [0.1, 0.15) is 18.3 Å². The molecule has 2 aliphatic heterocycles. The monoisotopic (exact) mass is 281 g/mol. The summed E-state index contributed by atoms with van der Waals surface area (Å²) in [6, 6.07) is 1.73. The molecule has 20 heavy (non-hydrogen) atoms. The summed E-state index contributed by atoms with van der Waals surface area (Å²) in [4.78, 5) is 12.0. The first kappa shape index (κ1) is 13.5. The van der Waals surface area contributed by atoms with Crippen LogP contribution in [0.5, 0.6) is 0 Å². The second kappa shape index (κ2) is 5.51. The highest BCUT2D eigenvalue weighted by Crippen LogP contribution is 2.26. The number of aromatic nitrogens is 2. The maximum absolute atomic E-state index is 12.0. The lowest BCUT2D eigenvalue weighted by Crippen LogP contribution is -2.44. The molecule has 2 N–H and O–H groups in total. The van der Waals surface area contributed by atoms with Crippen LogP contribution in [0.25, 0.3) is 0 Å². The van der Waals surface area contributed by atoms with Gasteiger partial charge in [0.25, 0.3) is 0 Å². The fraction of sp³-hybridized carbons (Fsp3) is 0.692. The van der Waals surface area contributed by atoms with Gasteiger partial charge in [-0.1, -0.05) is 0 Å². The Balaban J connectivity index is 1.49. The van der Waals surface area contributed by atoms with Crippen LogP contribution in [0.1, 0.15) is 12.1 Å². The second-order valence-electron chi connectivity index (χ2n) is 5.28. The molecular formula is C13H19N3O4. The van der Waals surface area contributed by atoms with Gasteiger partial charge in [0.2, 0.25) is 5.91 Å². The van der Waals surface area contributed by atoms with Gasteiger partial charge in [-0.15, -0.1) is 0 Å². The van der Waals surface area contributed by atoms with E-state index in [-0.39, 0.29) is 30.8 Å². The zero-order chi connectivity index (χ0) is 14.1. The Morgan fingerprint density at radius 2 is 2.30 bits per heavy atom. The third kappa shape index (κ3) is 2.56. The largest absolute Gasteiger partial charge is 0.388 e. The van der Waals surface area contributed by atoms with Crippen LogP contribution in [0.3, 0.4) is 0 Å². The lowest BCUT2D eigenvalue weighted by molar-refractivity contribution is -0.122. The summed E-state index contributed by atoms with van der Waals surface area (Å²) in [6.07, 6.45) is 1.64. The highest BCUT2D eigenvalue weighted by Gasteiger charge is 2.47. The van der Waals surface area contributed by atoms with Crippen LogP contribution < -0.4 is 5.32 Å². The van der Waals surface area contributed by atoms with Crippen molar-refractivity contribution >= 4 is 5.91 Å². The fourth-order valence-corrected chi connectivity index (χ4v) is 2.77. The predicted molar refractivity (Wildman–Crippen MR) is 68.9 cm³/mol.